The molecule has 2 amide bonds. The topological polar surface area (TPSA) is 93.5 Å². The van der Waals surface area contributed by atoms with Gasteiger partial charge in [-0.1, -0.05) is 25.4 Å². The largest absolute Gasteiger partial charge is 0.495 e. The fourth-order valence-electron chi connectivity index (χ4n) is 1.56. The molecule has 4 N–H and O–H groups in total. The lowest BCUT2D eigenvalue weighted by molar-refractivity contribution is -0.125. The van der Waals surface area contributed by atoms with Gasteiger partial charge >= 0.3 is 0 Å². The Morgan fingerprint density at radius 2 is 2.00 bits per heavy atom. The van der Waals surface area contributed by atoms with Gasteiger partial charge in [0.05, 0.1) is 25.4 Å². The molecule has 8 heteroatoms. The van der Waals surface area contributed by atoms with Gasteiger partial charge in [0.1, 0.15) is 5.75 Å². The van der Waals surface area contributed by atoms with E-state index < -0.39 is 6.04 Å². The number of methoxy groups -OCH3 is 1. The number of carbonyl (C=O) groups excluding carboxylic acids is 2. The fraction of sp³-hybridized carbons (Fsp3) is 0.429. The van der Waals surface area contributed by atoms with Crippen molar-refractivity contribution in [1.82, 2.24) is 5.32 Å². The summed E-state index contributed by atoms with van der Waals surface area (Å²) in [6, 6.07) is 4.23. The Kier molecular flexibility index (Phi) is 8.86. The quantitative estimate of drug-likeness (QED) is 0.729. The highest BCUT2D eigenvalue weighted by molar-refractivity contribution is 6.31. The van der Waals surface area contributed by atoms with Gasteiger partial charge in [0, 0.05) is 5.02 Å². The van der Waals surface area contributed by atoms with Crippen LogP contribution in [0.15, 0.2) is 18.2 Å². The van der Waals surface area contributed by atoms with Crippen molar-refractivity contribution in [3.8, 4) is 5.75 Å². The lowest BCUT2D eigenvalue weighted by Gasteiger charge is -2.15. The van der Waals surface area contributed by atoms with Crippen LogP contribution in [0.1, 0.15) is 13.8 Å². The molecule has 1 aromatic carbocycles. The smallest absolute Gasteiger partial charge is 0.243 e. The van der Waals surface area contributed by atoms with Crippen LogP contribution in [0.4, 0.5) is 5.69 Å². The number of anilines is 1. The minimum atomic E-state index is -0.640. The van der Waals surface area contributed by atoms with Crippen molar-refractivity contribution in [3.05, 3.63) is 23.2 Å². The summed E-state index contributed by atoms with van der Waals surface area (Å²) >= 11 is 5.87. The number of nitrogens with one attached hydrogen (secondary N) is 2. The highest BCUT2D eigenvalue weighted by Crippen LogP contribution is 2.27. The Morgan fingerprint density at radius 3 is 2.55 bits per heavy atom. The number of benzene rings is 1. The van der Waals surface area contributed by atoms with E-state index in [4.69, 9.17) is 22.1 Å². The van der Waals surface area contributed by atoms with Gasteiger partial charge in [-0.05, 0) is 24.1 Å². The second kappa shape index (κ2) is 9.50. The number of nitrogens with two attached hydrogens (primary N) is 1. The summed E-state index contributed by atoms with van der Waals surface area (Å²) in [5.41, 5.74) is 6.13. The highest BCUT2D eigenvalue weighted by atomic mass is 35.5. The summed E-state index contributed by atoms with van der Waals surface area (Å²) in [5, 5.41) is 5.58. The molecule has 0 spiro atoms. The zero-order valence-corrected chi connectivity index (χ0v) is 14.3. The molecule has 1 rings (SSSR count). The van der Waals surface area contributed by atoms with E-state index in [-0.39, 0.29) is 36.7 Å². The third kappa shape index (κ3) is 6.09. The van der Waals surface area contributed by atoms with E-state index >= 15 is 0 Å². The minimum absolute atomic E-state index is 0. The monoisotopic (exact) mass is 349 g/mol. The lowest BCUT2D eigenvalue weighted by atomic mass is 10.1. The van der Waals surface area contributed by atoms with Gasteiger partial charge < -0.3 is 21.1 Å². The molecule has 0 saturated carbocycles. The summed E-state index contributed by atoms with van der Waals surface area (Å²) < 4.78 is 5.12. The van der Waals surface area contributed by atoms with Gasteiger partial charge in [-0.2, -0.15) is 0 Å². The number of ether oxygens (including phenoxy) is 1. The van der Waals surface area contributed by atoms with Crippen LogP contribution < -0.4 is 21.1 Å². The van der Waals surface area contributed by atoms with Crippen LogP contribution >= 0.6 is 24.0 Å². The van der Waals surface area contributed by atoms with Gasteiger partial charge in [-0.25, -0.2) is 0 Å². The molecule has 0 aliphatic rings. The summed E-state index contributed by atoms with van der Waals surface area (Å²) in [6.45, 7) is 3.50. The maximum Gasteiger partial charge on any atom is 0.243 e. The molecular formula is C14H21Cl2N3O3. The van der Waals surface area contributed by atoms with Crippen molar-refractivity contribution in [2.45, 2.75) is 19.9 Å². The zero-order chi connectivity index (χ0) is 16.0. The molecule has 0 saturated heterocycles. The summed E-state index contributed by atoms with van der Waals surface area (Å²) in [5.74, 6) is -0.267. The third-order valence-corrected chi connectivity index (χ3v) is 3.11. The van der Waals surface area contributed by atoms with Gasteiger partial charge in [-0.15, -0.1) is 12.4 Å². The molecule has 1 atom stereocenters. The van der Waals surface area contributed by atoms with Crippen LogP contribution in [0, 0.1) is 5.92 Å². The van der Waals surface area contributed by atoms with Crippen LogP contribution in [0.3, 0.4) is 0 Å². The molecular weight excluding hydrogens is 329 g/mol. The number of hydrogen-bond acceptors (Lipinski definition) is 4. The molecule has 0 aromatic heterocycles. The number of rotatable bonds is 6. The summed E-state index contributed by atoms with van der Waals surface area (Å²) in [7, 11) is 1.49. The summed E-state index contributed by atoms with van der Waals surface area (Å²) in [6.07, 6.45) is 0. The first-order chi connectivity index (χ1) is 9.85. The Morgan fingerprint density at radius 1 is 1.36 bits per heavy atom. The predicted molar refractivity (Wildman–Crippen MR) is 89.7 cm³/mol. The molecule has 0 fully saturated rings. The molecule has 22 heavy (non-hydrogen) atoms. The zero-order valence-electron chi connectivity index (χ0n) is 12.7. The van der Waals surface area contributed by atoms with E-state index in [1.54, 1.807) is 18.2 Å². The average Bonchev–Trinajstić information content (AvgIpc) is 2.44. The standard InChI is InChI=1S/C14H20ClN3O3.ClH/c1-8(2)13(16)14(20)17-7-12(19)18-10-6-9(15)4-5-11(10)21-3;/h4-6,8,13H,7,16H2,1-3H3,(H,17,20)(H,18,19);1H/t13-;/m0./s1. The van der Waals surface area contributed by atoms with E-state index in [0.717, 1.165) is 0 Å². The third-order valence-electron chi connectivity index (χ3n) is 2.88. The second-order valence-electron chi connectivity index (χ2n) is 4.88. The van der Waals surface area contributed by atoms with Gasteiger partial charge in [0.15, 0.2) is 0 Å². The van der Waals surface area contributed by atoms with Crippen molar-refractivity contribution in [2.24, 2.45) is 11.7 Å². The Labute approximate surface area is 141 Å². The average molecular weight is 350 g/mol. The maximum absolute atomic E-state index is 11.8. The number of hydrogen-bond donors (Lipinski definition) is 3. The molecule has 0 unspecified atom stereocenters. The van der Waals surface area contributed by atoms with Crippen molar-refractivity contribution in [2.75, 3.05) is 19.0 Å². The lowest BCUT2D eigenvalue weighted by Crippen LogP contribution is -2.46. The molecule has 0 radical (unpaired) electrons. The molecule has 124 valence electrons. The molecule has 6 nitrogen and oxygen atoms in total. The van der Waals surface area contributed by atoms with Crippen LogP contribution in [-0.4, -0.2) is 31.5 Å². The summed E-state index contributed by atoms with van der Waals surface area (Å²) in [4.78, 5) is 23.5. The maximum atomic E-state index is 11.8. The highest BCUT2D eigenvalue weighted by Gasteiger charge is 2.18. The number of amides is 2. The minimum Gasteiger partial charge on any atom is -0.495 e. The predicted octanol–water partition coefficient (Wildman–Crippen LogP) is 1.81. The molecule has 0 aliphatic carbocycles. The SMILES string of the molecule is COc1ccc(Cl)cc1NC(=O)CNC(=O)[C@@H](N)C(C)C.Cl. The normalized spacial score (nSPS) is 11.4. The van der Waals surface area contributed by atoms with Crippen molar-refractivity contribution in [3.63, 3.8) is 0 Å². The Balaban J connectivity index is 0.00000441. The van der Waals surface area contributed by atoms with Crippen molar-refractivity contribution < 1.29 is 14.3 Å². The first kappa shape index (κ1) is 20.5. The van der Waals surface area contributed by atoms with E-state index in [9.17, 15) is 9.59 Å². The van der Waals surface area contributed by atoms with Gasteiger partial charge in [0.2, 0.25) is 11.8 Å². The van der Waals surface area contributed by atoms with Gasteiger partial charge in [0.25, 0.3) is 0 Å². The van der Waals surface area contributed by atoms with E-state index in [1.165, 1.54) is 7.11 Å². The first-order valence-corrected chi connectivity index (χ1v) is 6.89. The number of carbonyl (C=O) groups is 2. The Hall–Kier alpha value is -1.50. The van der Waals surface area contributed by atoms with Crippen LogP contribution in [0.2, 0.25) is 5.02 Å². The van der Waals surface area contributed by atoms with E-state index in [1.807, 2.05) is 13.8 Å². The van der Waals surface area contributed by atoms with Crippen LogP contribution in [-0.2, 0) is 9.59 Å². The van der Waals surface area contributed by atoms with Gasteiger partial charge in [-0.3, -0.25) is 9.59 Å². The van der Waals surface area contributed by atoms with E-state index in [2.05, 4.69) is 10.6 Å². The Bertz CT molecular complexity index is 524. The van der Waals surface area contributed by atoms with Crippen molar-refractivity contribution >= 4 is 41.5 Å². The first-order valence-electron chi connectivity index (χ1n) is 6.51. The van der Waals surface area contributed by atoms with Crippen LogP contribution in [0.5, 0.6) is 5.75 Å². The van der Waals surface area contributed by atoms with E-state index in [0.29, 0.717) is 16.5 Å². The number of halogens is 2. The molecule has 0 heterocycles. The van der Waals surface area contributed by atoms with Crippen molar-refractivity contribution in [1.29, 1.82) is 0 Å². The van der Waals surface area contributed by atoms with Crippen LogP contribution in [0.25, 0.3) is 0 Å². The fourth-order valence-corrected chi connectivity index (χ4v) is 1.73. The molecule has 1 aromatic rings. The molecule has 0 bridgehead atoms. The molecule has 0 aliphatic heterocycles. The second-order valence-corrected chi connectivity index (χ2v) is 5.32.